The molecule has 0 aliphatic heterocycles. The van der Waals surface area contributed by atoms with Gasteiger partial charge in [0, 0.05) is 6.04 Å². The predicted molar refractivity (Wildman–Crippen MR) is 69.6 cm³/mol. The highest BCUT2D eigenvalue weighted by Gasteiger charge is 2.31. The summed E-state index contributed by atoms with van der Waals surface area (Å²) >= 11 is 0. The zero-order chi connectivity index (χ0) is 16.0. The summed E-state index contributed by atoms with van der Waals surface area (Å²) in [5.41, 5.74) is 0.640. The first-order valence-electron chi connectivity index (χ1n) is 5.98. The SMILES string of the molecule is C#CCN(CC(=O)O)C(C)c1ccc(OC(F)(F)F)cc1. The number of hydrogen-bond donors (Lipinski definition) is 1. The Morgan fingerprint density at radius 2 is 2.00 bits per heavy atom. The molecule has 0 saturated heterocycles. The van der Waals surface area contributed by atoms with E-state index in [-0.39, 0.29) is 24.9 Å². The summed E-state index contributed by atoms with van der Waals surface area (Å²) in [6.07, 6.45) is 0.441. The number of benzene rings is 1. The summed E-state index contributed by atoms with van der Waals surface area (Å²) < 4.78 is 39.9. The largest absolute Gasteiger partial charge is 0.573 e. The van der Waals surface area contributed by atoms with Gasteiger partial charge in [-0.2, -0.15) is 0 Å². The van der Waals surface area contributed by atoms with Gasteiger partial charge in [-0.05, 0) is 24.6 Å². The summed E-state index contributed by atoms with van der Waals surface area (Å²) in [4.78, 5) is 12.3. The minimum atomic E-state index is -4.74. The molecule has 1 rings (SSSR count). The van der Waals surface area contributed by atoms with Crippen LogP contribution in [0.5, 0.6) is 5.75 Å². The van der Waals surface area contributed by atoms with Crippen molar-refractivity contribution in [3.8, 4) is 18.1 Å². The minimum Gasteiger partial charge on any atom is -0.480 e. The van der Waals surface area contributed by atoms with Gasteiger partial charge in [0.25, 0.3) is 0 Å². The number of aliphatic carboxylic acids is 1. The Kier molecular flexibility index (Phi) is 5.61. The average molecular weight is 301 g/mol. The van der Waals surface area contributed by atoms with Gasteiger partial charge >= 0.3 is 12.3 Å². The van der Waals surface area contributed by atoms with Crippen LogP contribution in [0.3, 0.4) is 0 Å². The molecule has 0 aliphatic rings. The number of terminal acetylenes is 1. The van der Waals surface area contributed by atoms with E-state index in [1.165, 1.54) is 29.2 Å². The van der Waals surface area contributed by atoms with Crippen molar-refractivity contribution in [2.75, 3.05) is 13.1 Å². The summed E-state index contributed by atoms with van der Waals surface area (Å²) in [5, 5.41) is 8.82. The number of ether oxygens (including phenoxy) is 1. The molecule has 1 N–H and O–H groups in total. The quantitative estimate of drug-likeness (QED) is 0.821. The maximum atomic E-state index is 12.1. The fourth-order valence-corrected chi connectivity index (χ4v) is 1.78. The van der Waals surface area contributed by atoms with Gasteiger partial charge in [0.05, 0.1) is 13.1 Å². The van der Waals surface area contributed by atoms with Crippen molar-refractivity contribution in [2.24, 2.45) is 0 Å². The Hall–Kier alpha value is -2.20. The number of nitrogens with zero attached hydrogens (tertiary/aromatic N) is 1. The van der Waals surface area contributed by atoms with Crippen LogP contribution in [0.25, 0.3) is 0 Å². The molecule has 21 heavy (non-hydrogen) atoms. The summed E-state index contributed by atoms with van der Waals surface area (Å²) in [6.45, 7) is 1.58. The van der Waals surface area contributed by atoms with Gasteiger partial charge in [0.15, 0.2) is 0 Å². The lowest BCUT2D eigenvalue weighted by Crippen LogP contribution is -2.32. The minimum absolute atomic E-state index is 0.119. The molecule has 0 spiro atoms. The predicted octanol–water partition coefficient (Wildman–Crippen LogP) is 2.67. The number of carboxylic acids is 1. The second kappa shape index (κ2) is 6.99. The normalized spacial score (nSPS) is 12.8. The molecule has 1 unspecified atom stereocenters. The number of halogens is 3. The zero-order valence-corrected chi connectivity index (χ0v) is 11.2. The highest BCUT2D eigenvalue weighted by molar-refractivity contribution is 5.69. The Morgan fingerprint density at radius 1 is 1.43 bits per heavy atom. The standard InChI is InChI=1S/C14H14F3NO3/c1-3-8-18(9-13(19)20)10(2)11-4-6-12(7-5-11)21-14(15,16)17/h1,4-7,10H,8-9H2,2H3,(H,19,20). The lowest BCUT2D eigenvalue weighted by molar-refractivity contribution is -0.274. The Balaban J connectivity index is 2.84. The van der Waals surface area contributed by atoms with Crippen molar-refractivity contribution in [1.29, 1.82) is 0 Å². The van der Waals surface area contributed by atoms with Crippen molar-refractivity contribution < 1.29 is 27.8 Å². The number of rotatable bonds is 6. The van der Waals surface area contributed by atoms with Crippen molar-refractivity contribution in [3.63, 3.8) is 0 Å². The topological polar surface area (TPSA) is 49.8 Å². The molecule has 0 aliphatic carbocycles. The molecular weight excluding hydrogens is 287 g/mol. The van der Waals surface area contributed by atoms with E-state index in [1.807, 2.05) is 0 Å². The van der Waals surface area contributed by atoms with Gasteiger partial charge in [0.1, 0.15) is 5.75 Å². The van der Waals surface area contributed by atoms with Gasteiger partial charge in [-0.1, -0.05) is 18.1 Å². The fraction of sp³-hybridized carbons (Fsp3) is 0.357. The number of carbonyl (C=O) groups is 1. The van der Waals surface area contributed by atoms with Crippen LogP contribution in [-0.2, 0) is 4.79 Å². The third kappa shape index (κ3) is 5.75. The first kappa shape index (κ1) is 16.9. The Bertz CT molecular complexity index is 520. The molecule has 1 aromatic rings. The number of carboxylic acid groups (broad SMARTS) is 1. The number of alkyl halides is 3. The van der Waals surface area contributed by atoms with Gasteiger partial charge in [-0.3, -0.25) is 9.69 Å². The molecule has 7 heteroatoms. The second-order valence-corrected chi connectivity index (χ2v) is 4.30. The lowest BCUT2D eigenvalue weighted by atomic mass is 10.1. The van der Waals surface area contributed by atoms with Crippen LogP contribution in [0.15, 0.2) is 24.3 Å². The maximum Gasteiger partial charge on any atom is 0.573 e. The first-order valence-corrected chi connectivity index (χ1v) is 5.98. The number of hydrogen-bond acceptors (Lipinski definition) is 3. The van der Waals surface area contributed by atoms with Crippen LogP contribution < -0.4 is 4.74 Å². The van der Waals surface area contributed by atoms with E-state index in [2.05, 4.69) is 10.7 Å². The molecule has 0 fully saturated rings. The third-order valence-corrected chi connectivity index (χ3v) is 2.78. The maximum absolute atomic E-state index is 12.1. The van der Waals surface area contributed by atoms with Crippen molar-refractivity contribution in [3.05, 3.63) is 29.8 Å². The smallest absolute Gasteiger partial charge is 0.480 e. The van der Waals surface area contributed by atoms with Gasteiger partial charge in [-0.15, -0.1) is 19.6 Å². The van der Waals surface area contributed by atoms with Crippen molar-refractivity contribution >= 4 is 5.97 Å². The highest BCUT2D eigenvalue weighted by Crippen LogP contribution is 2.26. The van der Waals surface area contributed by atoms with Crippen LogP contribution in [0, 0.1) is 12.3 Å². The van der Waals surface area contributed by atoms with Crippen LogP contribution in [0.4, 0.5) is 13.2 Å². The molecule has 0 bridgehead atoms. The molecule has 0 saturated carbocycles. The second-order valence-electron chi connectivity index (χ2n) is 4.30. The fourth-order valence-electron chi connectivity index (χ4n) is 1.78. The van der Waals surface area contributed by atoms with E-state index in [9.17, 15) is 18.0 Å². The van der Waals surface area contributed by atoms with Gasteiger partial charge in [-0.25, -0.2) is 0 Å². The van der Waals surface area contributed by atoms with E-state index in [0.29, 0.717) is 5.56 Å². The summed E-state index contributed by atoms with van der Waals surface area (Å²) in [5.74, 6) is 0.989. The zero-order valence-electron chi connectivity index (χ0n) is 11.2. The molecule has 114 valence electrons. The highest BCUT2D eigenvalue weighted by atomic mass is 19.4. The molecule has 1 atom stereocenters. The summed E-state index contributed by atoms with van der Waals surface area (Å²) in [6, 6.07) is 4.88. The summed E-state index contributed by atoms with van der Waals surface area (Å²) in [7, 11) is 0. The molecule has 0 aromatic heterocycles. The Morgan fingerprint density at radius 3 is 2.43 bits per heavy atom. The molecule has 4 nitrogen and oxygen atoms in total. The van der Waals surface area contributed by atoms with Crippen molar-refractivity contribution in [1.82, 2.24) is 4.90 Å². The van der Waals surface area contributed by atoms with E-state index in [0.717, 1.165) is 0 Å². The monoisotopic (exact) mass is 301 g/mol. The van der Waals surface area contributed by atoms with Crippen LogP contribution in [-0.4, -0.2) is 35.4 Å². The van der Waals surface area contributed by atoms with Crippen molar-refractivity contribution in [2.45, 2.75) is 19.3 Å². The van der Waals surface area contributed by atoms with E-state index < -0.39 is 12.3 Å². The molecule has 0 amide bonds. The van der Waals surface area contributed by atoms with E-state index >= 15 is 0 Å². The first-order chi connectivity index (χ1) is 9.73. The average Bonchev–Trinajstić information content (AvgIpc) is 2.36. The van der Waals surface area contributed by atoms with E-state index in [4.69, 9.17) is 11.5 Å². The van der Waals surface area contributed by atoms with Crippen LogP contribution >= 0.6 is 0 Å². The van der Waals surface area contributed by atoms with E-state index in [1.54, 1.807) is 6.92 Å². The lowest BCUT2D eigenvalue weighted by Gasteiger charge is -2.26. The molecule has 0 heterocycles. The van der Waals surface area contributed by atoms with Gasteiger partial charge < -0.3 is 9.84 Å². The molecule has 1 aromatic carbocycles. The molecular formula is C14H14F3NO3. The van der Waals surface area contributed by atoms with Gasteiger partial charge in [0.2, 0.25) is 0 Å². The Labute approximate surface area is 120 Å². The third-order valence-electron chi connectivity index (χ3n) is 2.78. The molecule has 0 radical (unpaired) electrons. The van der Waals surface area contributed by atoms with Crippen LogP contribution in [0.1, 0.15) is 18.5 Å². The van der Waals surface area contributed by atoms with Crippen LogP contribution in [0.2, 0.25) is 0 Å².